The van der Waals surface area contributed by atoms with E-state index in [1.807, 2.05) is 0 Å². The van der Waals surface area contributed by atoms with Crippen LogP contribution in [0.2, 0.25) is 0 Å². The quantitative estimate of drug-likeness (QED) is 0.501. The van der Waals surface area contributed by atoms with Crippen LogP contribution in [0.1, 0.15) is 37.4 Å². The third-order valence-electron chi connectivity index (χ3n) is 3.43. The molecule has 0 saturated carbocycles. The first-order valence-corrected chi connectivity index (χ1v) is 6.05. The van der Waals surface area contributed by atoms with Crippen molar-refractivity contribution in [2.45, 2.75) is 6.92 Å². The molecule has 0 aromatic heterocycles. The molecule has 0 N–H and O–H groups in total. The van der Waals surface area contributed by atoms with E-state index in [0.29, 0.717) is 16.7 Å². The summed E-state index contributed by atoms with van der Waals surface area (Å²) in [5.74, 6) is -0.509. The second-order valence-corrected chi connectivity index (χ2v) is 4.56. The van der Waals surface area contributed by atoms with E-state index in [2.05, 4.69) is 4.99 Å². The number of benzene rings is 2. The average Bonchev–Trinajstić information content (AvgIpc) is 2.47. The fourth-order valence-corrected chi connectivity index (χ4v) is 2.46. The summed E-state index contributed by atoms with van der Waals surface area (Å²) in [5, 5.41) is 0. The molecule has 0 unspecified atom stereocenters. The molecule has 0 atom stereocenters. The molecule has 1 aliphatic rings. The van der Waals surface area contributed by atoms with E-state index in [9.17, 15) is 14.4 Å². The van der Waals surface area contributed by atoms with E-state index in [-0.39, 0.29) is 28.4 Å². The predicted octanol–water partition coefficient (Wildman–Crippen LogP) is 2.74. The first kappa shape index (κ1) is 12.2. The highest BCUT2D eigenvalue weighted by Crippen LogP contribution is 2.35. The Morgan fingerprint density at radius 2 is 1.55 bits per heavy atom. The average molecular weight is 263 g/mol. The van der Waals surface area contributed by atoms with Crippen LogP contribution >= 0.6 is 0 Å². The molecule has 3 rings (SSSR count). The van der Waals surface area contributed by atoms with Crippen LogP contribution in [0.4, 0.5) is 5.69 Å². The number of nitrogens with zero attached hydrogens (tertiary/aromatic N) is 1. The van der Waals surface area contributed by atoms with E-state index in [1.165, 1.54) is 6.08 Å². The Morgan fingerprint density at radius 1 is 0.900 bits per heavy atom. The summed E-state index contributed by atoms with van der Waals surface area (Å²) >= 11 is 0. The second kappa shape index (κ2) is 4.37. The molecule has 1 aliphatic carbocycles. The Balaban J connectivity index is 2.39. The molecule has 4 heteroatoms. The summed E-state index contributed by atoms with van der Waals surface area (Å²) in [7, 11) is 0. The predicted molar refractivity (Wildman–Crippen MR) is 72.3 cm³/mol. The van der Waals surface area contributed by atoms with Gasteiger partial charge in [-0.2, -0.15) is 4.99 Å². The number of hydrogen-bond donors (Lipinski definition) is 0. The fraction of sp³-hybridized carbons (Fsp3) is 0.0625. The largest absolute Gasteiger partial charge is 0.289 e. The van der Waals surface area contributed by atoms with E-state index in [0.717, 1.165) is 0 Å². The van der Waals surface area contributed by atoms with E-state index < -0.39 is 0 Å². The van der Waals surface area contributed by atoms with E-state index in [1.54, 1.807) is 43.3 Å². The Bertz CT molecular complexity index is 814. The zero-order valence-electron chi connectivity index (χ0n) is 10.6. The molecule has 96 valence electrons. The first-order chi connectivity index (χ1) is 9.65. The zero-order chi connectivity index (χ0) is 14.3. The van der Waals surface area contributed by atoms with Gasteiger partial charge in [0, 0.05) is 16.7 Å². The summed E-state index contributed by atoms with van der Waals surface area (Å²) in [6.07, 6.45) is 1.45. The summed E-state index contributed by atoms with van der Waals surface area (Å²) in [6.45, 7) is 1.73. The molecule has 0 bridgehead atoms. The van der Waals surface area contributed by atoms with Crippen LogP contribution in [0.25, 0.3) is 0 Å². The van der Waals surface area contributed by atoms with Crippen molar-refractivity contribution in [1.29, 1.82) is 0 Å². The Hall–Kier alpha value is -2.84. The Labute approximate surface area is 114 Å². The van der Waals surface area contributed by atoms with Gasteiger partial charge in [-0.3, -0.25) is 9.59 Å². The number of aryl methyl sites for hydroxylation is 1. The zero-order valence-corrected chi connectivity index (χ0v) is 10.6. The molecule has 20 heavy (non-hydrogen) atoms. The van der Waals surface area contributed by atoms with E-state index >= 15 is 0 Å². The van der Waals surface area contributed by atoms with Gasteiger partial charge in [-0.05, 0) is 18.6 Å². The van der Waals surface area contributed by atoms with Crippen LogP contribution in [0.15, 0.2) is 41.4 Å². The van der Waals surface area contributed by atoms with Crippen molar-refractivity contribution in [2.75, 3.05) is 0 Å². The van der Waals surface area contributed by atoms with Crippen LogP contribution in [-0.2, 0) is 4.79 Å². The van der Waals surface area contributed by atoms with Crippen LogP contribution in [0.5, 0.6) is 0 Å². The second-order valence-electron chi connectivity index (χ2n) is 4.56. The van der Waals surface area contributed by atoms with Crippen LogP contribution < -0.4 is 0 Å². The molecular formula is C16H9NO3. The lowest BCUT2D eigenvalue weighted by molar-refractivity contribution is 0.0979. The van der Waals surface area contributed by atoms with Crippen molar-refractivity contribution in [3.8, 4) is 0 Å². The minimum atomic E-state index is -0.284. The van der Waals surface area contributed by atoms with Crippen molar-refractivity contribution < 1.29 is 14.4 Å². The molecule has 2 aromatic rings. The van der Waals surface area contributed by atoms with Crippen LogP contribution in [-0.4, -0.2) is 17.6 Å². The van der Waals surface area contributed by atoms with Crippen LogP contribution in [0, 0.1) is 6.92 Å². The Kier molecular flexibility index (Phi) is 2.67. The number of hydrogen-bond acceptors (Lipinski definition) is 4. The highest BCUT2D eigenvalue weighted by molar-refractivity contribution is 6.30. The van der Waals surface area contributed by atoms with Crippen molar-refractivity contribution in [3.63, 3.8) is 0 Å². The fourth-order valence-electron chi connectivity index (χ4n) is 2.46. The van der Waals surface area contributed by atoms with Gasteiger partial charge < -0.3 is 0 Å². The molecule has 4 nitrogen and oxygen atoms in total. The van der Waals surface area contributed by atoms with Gasteiger partial charge in [0.05, 0.1) is 11.3 Å². The highest BCUT2D eigenvalue weighted by atomic mass is 16.1. The van der Waals surface area contributed by atoms with Gasteiger partial charge in [0.2, 0.25) is 6.08 Å². The Morgan fingerprint density at radius 3 is 2.20 bits per heavy atom. The SMILES string of the molecule is Cc1ccc2c(c1N=C=O)C(=O)c1ccccc1C2=O. The van der Waals surface area contributed by atoms with Gasteiger partial charge in [0.15, 0.2) is 11.6 Å². The maximum Gasteiger partial charge on any atom is 0.240 e. The molecule has 0 heterocycles. The van der Waals surface area contributed by atoms with Crippen LogP contribution in [0.3, 0.4) is 0 Å². The summed E-state index contributed by atoms with van der Waals surface area (Å²) in [4.78, 5) is 39.1. The third kappa shape index (κ3) is 1.56. The third-order valence-corrected chi connectivity index (χ3v) is 3.43. The molecular weight excluding hydrogens is 254 g/mol. The minimum absolute atomic E-state index is 0.192. The van der Waals surface area contributed by atoms with Crippen molar-refractivity contribution in [3.05, 3.63) is 64.2 Å². The molecule has 2 aromatic carbocycles. The molecule has 0 radical (unpaired) electrons. The molecule has 0 saturated heterocycles. The van der Waals surface area contributed by atoms with Gasteiger partial charge in [-0.25, -0.2) is 4.79 Å². The van der Waals surface area contributed by atoms with Gasteiger partial charge in [-0.1, -0.05) is 30.3 Å². The standard InChI is InChI=1S/C16H9NO3/c1-9-6-7-12-13(14(9)17-8-18)16(20)11-5-3-2-4-10(11)15(12)19/h2-7H,1H3. The van der Waals surface area contributed by atoms with Gasteiger partial charge in [0.1, 0.15) is 0 Å². The number of rotatable bonds is 1. The number of fused-ring (bicyclic) bond motifs is 2. The topological polar surface area (TPSA) is 63.6 Å². The minimum Gasteiger partial charge on any atom is -0.289 e. The number of carbonyl (C=O) groups excluding carboxylic acids is 3. The summed E-state index contributed by atoms with van der Waals surface area (Å²) < 4.78 is 0. The number of ketones is 2. The number of carbonyl (C=O) groups is 2. The van der Waals surface area contributed by atoms with Gasteiger partial charge in [0.25, 0.3) is 0 Å². The van der Waals surface area contributed by atoms with Crippen molar-refractivity contribution in [1.82, 2.24) is 0 Å². The maximum absolute atomic E-state index is 12.6. The first-order valence-electron chi connectivity index (χ1n) is 6.05. The summed E-state index contributed by atoms with van der Waals surface area (Å²) in [6, 6.07) is 9.93. The smallest absolute Gasteiger partial charge is 0.240 e. The monoisotopic (exact) mass is 263 g/mol. The van der Waals surface area contributed by atoms with Gasteiger partial charge in [-0.15, -0.1) is 0 Å². The lowest BCUT2D eigenvalue weighted by Crippen LogP contribution is -2.21. The maximum atomic E-state index is 12.6. The number of isocyanates is 1. The molecule has 0 amide bonds. The van der Waals surface area contributed by atoms with Gasteiger partial charge >= 0.3 is 0 Å². The lowest BCUT2D eigenvalue weighted by atomic mass is 9.82. The lowest BCUT2D eigenvalue weighted by Gasteiger charge is -2.19. The van der Waals surface area contributed by atoms with E-state index in [4.69, 9.17) is 0 Å². The number of aliphatic imine (C=N–C) groups is 1. The normalized spacial score (nSPS) is 12.4. The molecule has 0 spiro atoms. The van der Waals surface area contributed by atoms with Crippen molar-refractivity contribution >= 4 is 23.3 Å². The highest BCUT2D eigenvalue weighted by Gasteiger charge is 2.32. The molecule has 0 fully saturated rings. The van der Waals surface area contributed by atoms with Crippen molar-refractivity contribution in [2.24, 2.45) is 4.99 Å². The molecule has 0 aliphatic heterocycles. The summed E-state index contributed by atoms with van der Waals surface area (Å²) in [5.41, 5.74) is 2.09.